The van der Waals surface area contributed by atoms with E-state index in [2.05, 4.69) is 10.1 Å². The predicted molar refractivity (Wildman–Crippen MR) is 62.4 cm³/mol. The molecule has 1 heterocycles. The monoisotopic (exact) mass is 253 g/mol. The number of nitrogens with two attached hydrogens (primary N) is 1. The summed E-state index contributed by atoms with van der Waals surface area (Å²) in [5.74, 6) is -0.934. The summed E-state index contributed by atoms with van der Waals surface area (Å²) in [6.45, 7) is 0.573. The summed E-state index contributed by atoms with van der Waals surface area (Å²) < 4.78 is 17.6. The van der Waals surface area contributed by atoms with Crippen molar-refractivity contribution in [1.29, 1.82) is 0 Å². The molecule has 0 atom stereocenters. The minimum Gasteiger partial charge on any atom is -0.448 e. The molecule has 0 bridgehead atoms. The van der Waals surface area contributed by atoms with E-state index in [-0.39, 0.29) is 24.7 Å². The number of benzene rings is 1. The first-order valence-electron chi connectivity index (χ1n) is 5.33. The van der Waals surface area contributed by atoms with Gasteiger partial charge in [0.2, 0.25) is 5.91 Å². The van der Waals surface area contributed by atoms with Gasteiger partial charge in [0.15, 0.2) is 0 Å². The molecule has 1 aliphatic heterocycles. The van der Waals surface area contributed by atoms with E-state index >= 15 is 0 Å². The highest BCUT2D eigenvalue weighted by Crippen LogP contribution is 2.16. The molecule has 1 aromatic carbocycles. The van der Waals surface area contributed by atoms with Gasteiger partial charge in [-0.2, -0.15) is 0 Å². The number of rotatable bonds is 3. The molecule has 0 unspecified atom stereocenters. The van der Waals surface area contributed by atoms with Gasteiger partial charge in [0.25, 0.3) is 0 Å². The van der Waals surface area contributed by atoms with E-state index in [9.17, 15) is 14.0 Å². The van der Waals surface area contributed by atoms with Crippen LogP contribution in [0, 0.1) is 5.82 Å². The van der Waals surface area contributed by atoms with Gasteiger partial charge in [-0.25, -0.2) is 9.18 Å². The van der Waals surface area contributed by atoms with Gasteiger partial charge < -0.3 is 15.8 Å². The minimum absolute atomic E-state index is 0.0478. The fourth-order valence-corrected chi connectivity index (χ4v) is 1.56. The minimum atomic E-state index is -0.545. The fraction of sp³-hybridized carbons (Fsp3) is 0.273. The lowest BCUT2D eigenvalue weighted by Crippen LogP contribution is -2.33. The molecule has 2 rings (SSSR count). The van der Waals surface area contributed by atoms with E-state index in [1.54, 1.807) is 0 Å². The van der Waals surface area contributed by atoms with Crippen molar-refractivity contribution in [3.8, 4) is 0 Å². The van der Waals surface area contributed by atoms with Gasteiger partial charge in [-0.1, -0.05) is 0 Å². The van der Waals surface area contributed by atoms with Crippen LogP contribution < -0.4 is 11.1 Å². The van der Waals surface area contributed by atoms with E-state index in [0.717, 1.165) is 6.07 Å². The number of nitrogens with one attached hydrogen (secondary N) is 1. The highest BCUT2D eigenvalue weighted by Gasteiger charge is 2.24. The van der Waals surface area contributed by atoms with Gasteiger partial charge in [-0.05, 0) is 18.2 Å². The topological polar surface area (TPSA) is 84.7 Å². The molecule has 1 fully saturated rings. The van der Waals surface area contributed by atoms with Crippen LogP contribution in [0.15, 0.2) is 18.2 Å². The van der Waals surface area contributed by atoms with E-state index in [4.69, 9.17) is 5.73 Å². The molecule has 0 saturated carbocycles. The summed E-state index contributed by atoms with van der Waals surface area (Å²) in [4.78, 5) is 24.0. The third-order valence-electron chi connectivity index (χ3n) is 2.46. The number of carbonyl (C=O) groups is 2. The van der Waals surface area contributed by atoms with Gasteiger partial charge in [-0.3, -0.25) is 9.69 Å². The second-order valence-corrected chi connectivity index (χ2v) is 3.82. The average molecular weight is 253 g/mol. The second kappa shape index (κ2) is 4.91. The van der Waals surface area contributed by atoms with Crippen molar-refractivity contribution in [2.75, 3.05) is 30.7 Å². The molecule has 0 radical (unpaired) electrons. The van der Waals surface area contributed by atoms with Crippen LogP contribution in [0.1, 0.15) is 0 Å². The van der Waals surface area contributed by atoms with Crippen molar-refractivity contribution < 1.29 is 18.7 Å². The third-order valence-corrected chi connectivity index (χ3v) is 2.46. The van der Waals surface area contributed by atoms with Crippen LogP contribution in [0.25, 0.3) is 0 Å². The molecule has 0 aromatic heterocycles. The van der Waals surface area contributed by atoms with E-state index in [0.29, 0.717) is 12.2 Å². The van der Waals surface area contributed by atoms with Gasteiger partial charge in [0.05, 0.1) is 12.2 Å². The van der Waals surface area contributed by atoms with Gasteiger partial charge in [0.1, 0.15) is 19.0 Å². The number of anilines is 2. The molecular weight excluding hydrogens is 241 g/mol. The summed E-state index contributed by atoms with van der Waals surface area (Å²) in [6.07, 6.45) is -0.510. The van der Waals surface area contributed by atoms with Crippen LogP contribution in [0.5, 0.6) is 0 Å². The van der Waals surface area contributed by atoms with Crippen molar-refractivity contribution in [1.82, 2.24) is 4.90 Å². The zero-order chi connectivity index (χ0) is 13.1. The average Bonchev–Trinajstić information content (AvgIpc) is 2.70. The normalized spacial score (nSPS) is 14.5. The Labute approximate surface area is 103 Å². The van der Waals surface area contributed by atoms with Crippen molar-refractivity contribution in [3.05, 3.63) is 24.0 Å². The molecule has 18 heavy (non-hydrogen) atoms. The maximum absolute atomic E-state index is 12.9. The highest BCUT2D eigenvalue weighted by atomic mass is 19.1. The Morgan fingerprint density at radius 3 is 2.94 bits per heavy atom. The van der Waals surface area contributed by atoms with Crippen LogP contribution in [0.3, 0.4) is 0 Å². The largest absolute Gasteiger partial charge is 0.448 e. The van der Waals surface area contributed by atoms with Crippen molar-refractivity contribution in [2.24, 2.45) is 0 Å². The third kappa shape index (κ3) is 2.68. The number of amides is 2. The van der Waals surface area contributed by atoms with Crippen molar-refractivity contribution in [2.45, 2.75) is 0 Å². The lowest BCUT2D eigenvalue weighted by atomic mass is 10.2. The molecular formula is C11H12FN3O3. The van der Waals surface area contributed by atoms with Crippen LogP contribution in [0.2, 0.25) is 0 Å². The molecule has 0 aliphatic carbocycles. The molecule has 1 aliphatic rings. The first-order valence-corrected chi connectivity index (χ1v) is 5.33. The summed E-state index contributed by atoms with van der Waals surface area (Å²) in [5.41, 5.74) is 5.70. The van der Waals surface area contributed by atoms with Gasteiger partial charge in [-0.15, -0.1) is 0 Å². The number of nitrogen functional groups attached to an aromatic ring is 1. The summed E-state index contributed by atoms with van der Waals surface area (Å²) in [6, 6.07) is 3.87. The van der Waals surface area contributed by atoms with Crippen molar-refractivity contribution in [3.63, 3.8) is 0 Å². The highest BCUT2D eigenvalue weighted by molar-refractivity contribution is 5.94. The molecule has 0 spiro atoms. The smallest absolute Gasteiger partial charge is 0.410 e. The standard InChI is InChI=1S/C11H12FN3O3/c12-8-2-1-7(5-9(8)13)14-10(16)6-15-3-4-18-11(15)17/h1-2,5H,3-4,6,13H2,(H,14,16). The Kier molecular flexibility index (Phi) is 3.31. The number of cyclic esters (lactones) is 1. The quantitative estimate of drug-likeness (QED) is 0.780. The molecule has 7 heteroatoms. The number of ether oxygens (including phenoxy) is 1. The number of nitrogens with zero attached hydrogens (tertiary/aromatic N) is 1. The number of carbonyl (C=O) groups excluding carboxylic acids is 2. The Hall–Kier alpha value is -2.31. The van der Waals surface area contributed by atoms with Crippen LogP contribution in [-0.4, -0.2) is 36.6 Å². The zero-order valence-corrected chi connectivity index (χ0v) is 9.48. The van der Waals surface area contributed by atoms with Crippen LogP contribution in [-0.2, 0) is 9.53 Å². The Balaban J connectivity index is 1.94. The van der Waals surface area contributed by atoms with Gasteiger partial charge >= 0.3 is 6.09 Å². The van der Waals surface area contributed by atoms with Crippen molar-refractivity contribution >= 4 is 23.4 Å². The van der Waals surface area contributed by atoms with E-state index in [1.165, 1.54) is 17.0 Å². The van der Waals surface area contributed by atoms with E-state index in [1.807, 2.05) is 0 Å². The predicted octanol–water partition coefficient (Wildman–Crippen LogP) is 0.799. The Morgan fingerprint density at radius 2 is 2.33 bits per heavy atom. The molecule has 1 aromatic rings. The zero-order valence-electron chi connectivity index (χ0n) is 9.48. The molecule has 6 nitrogen and oxygen atoms in total. The Bertz CT molecular complexity index is 492. The van der Waals surface area contributed by atoms with Crippen LogP contribution >= 0.6 is 0 Å². The SMILES string of the molecule is Nc1cc(NC(=O)CN2CCOC2=O)ccc1F. The summed E-state index contributed by atoms with van der Waals surface area (Å²) in [5, 5.41) is 2.52. The van der Waals surface area contributed by atoms with Crippen LogP contribution in [0.4, 0.5) is 20.6 Å². The number of halogens is 1. The Morgan fingerprint density at radius 1 is 1.56 bits per heavy atom. The fourth-order valence-electron chi connectivity index (χ4n) is 1.56. The molecule has 1 saturated heterocycles. The lowest BCUT2D eigenvalue weighted by Gasteiger charge is -2.12. The lowest BCUT2D eigenvalue weighted by molar-refractivity contribution is -0.116. The maximum atomic E-state index is 12.9. The molecule has 96 valence electrons. The maximum Gasteiger partial charge on any atom is 0.410 e. The van der Waals surface area contributed by atoms with Gasteiger partial charge in [0, 0.05) is 5.69 Å². The second-order valence-electron chi connectivity index (χ2n) is 3.82. The molecule has 3 N–H and O–H groups in total. The molecule has 2 amide bonds. The summed E-state index contributed by atoms with van der Waals surface area (Å²) in [7, 11) is 0. The first kappa shape index (κ1) is 12.2. The number of hydrogen-bond acceptors (Lipinski definition) is 4. The number of hydrogen-bond donors (Lipinski definition) is 2. The van der Waals surface area contributed by atoms with E-state index < -0.39 is 11.9 Å². The summed E-state index contributed by atoms with van der Waals surface area (Å²) >= 11 is 0. The first-order chi connectivity index (χ1) is 8.56.